The van der Waals surface area contributed by atoms with Crippen molar-refractivity contribution in [1.29, 1.82) is 0 Å². The van der Waals surface area contributed by atoms with Crippen LogP contribution in [0, 0.1) is 6.92 Å². The van der Waals surface area contributed by atoms with Crippen molar-refractivity contribution < 1.29 is 4.79 Å². The largest absolute Gasteiger partial charge is 0.350 e. The van der Waals surface area contributed by atoms with Gasteiger partial charge in [-0.3, -0.25) is 9.59 Å². The summed E-state index contributed by atoms with van der Waals surface area (Å²) in [4.78, 5) is 30.9. The lowest BCUT2D eigenvalue weighted by atomic mass is 10.2. The van der Waals surface area contributed by atoms with Crippen LogP contribution >= 0.6 is 11.7 Å². The maximum atomic E-state index is 11.9. The normalized spacial score (nSPS) is 10.8. The SMILES string of the molecule is Cc1nsnc1C(=O)NCCc1nc2ccccc2c(=O)[nH]1. The van der Waals surface area contributed by atoms with Crippen LogP contribution in [0.25, 0.3) is 10.9 Å². The molecule has 22 heavy (non-hydrogen) atoms. The summed E-state index contributed by atoms with van der Waals surface area (Å²) in [5, 5.41) is 3.30. The zero-order valence-electron chi connectivity index (χ0n) is 11.8. The van der Waals surface area contributed by atoms with Gasteiger partial charge in [0.2, 0.25) is 0 Å². The van der Waals surface area contributed by atoms with E-state index in [0.717, 1.165) is 11.7 Å². The van der Waals surface area contributed by atoms with Crippen LogP contribution in [0.2, 0.25) is 0 Å². The molecule has 3 rings (SSSR count). The Bertz CT molecular complexity index is 886. The molecule has 7 nitrogen and oxygen atoms in total. The Morgan fingerprint density at radius 3 is 2.91 bits per heavy atom. The molecule has 2 aromatic heterocycles. The van der Waals surface area contributed by atoms with E-state index in [-0.39, 0.29) is 11.5 Å². The minimum absolute atomic E-state index is 0.175. The predicted octanol–water partition coefficient (Wildman–Crippen LogP) is 1.06. The summed E-state index contributed by atoms with van der Waals surface area (Å²) in [7, 11) is 0. The molecule has 0 bridgehead atoms. The molecule has 0 radical (unpaired) electrons. The van der Waals surface area contributed by atoms with Crippen LogP contribution in [0.5, 0.6) is 0 Å². The average molecular weight is 315 g/mol. The van der Waals surface area contributed by atoms with Crippen LogP contribution in [-0.2, 0) is 6.42 Å². The number of fused-ring (bicyclic) bond motifs is 1. The minimum atomic E-state index is -0.269. The number of carbonyl (C=O) groups excluding carboxylic acids is 1. The molecule has 1 aromatic carbocycles. The molecule has 1 amide bonds. The zero-order chi connectivity index (χ0) is 15.5. The number of benzene rings is 1. The van der Waals surface area contributed by atoms with Crippen LogP contribution in [-0.4, -0.2) is 31.2 Å². The molecule has 0 saturated carbocycles. The number of hydrogen-bond acceptors (Lipinski definition) is 6. The summed E-state index contributed by atoms with van der Waals surface area (Å²) in [6, 6.07) is 7.14. The number of nitrogens with zero attached hydrogens (tertiary/aromatic N) is 3. The molecule has 0 unspecified atom stereocenters. The van der Waals surface area contributed by atoms with Gasteiger partial charge in [0.15, 0.2) is 5.69 Å². The van der Waals surface area contributed by atoms with Crippen molar-refractivity contribution in [2.75, 3.05) is 6.54 Å². The van der Waals surface area contributed by atoms with Gasteiger partial charge in [-0.25, -0.2) is 4.98 Å². The molecular weight excluding hydrogens is 302 g/mol. The summed E-state index contributed by atoms with van der Waals surface area (Å²) >= 11 is 1.01. The van der Waals surface area contributed by atoms with Crippen molar-refractivity contribution in [3.63, 3.8) is 0 Å². The fraction of sp³-hybridized carbons (Fsp3) is 0.214. The molecule has 0 aliphatic carbocycles. The van der Waals surface area contributed by atoms with Crippen LogP contribution in [0.1, 0.15) is 22.0 Å². The molecular formula is C14H13N5O2S. The van der Waals surface area contributed by atoms with Crippen molar-refractivity contribution in [2.24, 2.45) is 0 Å². The van der Waals surface area contributed by atoms with E-state index < -0.39 is 0 Å². The molecule has 8 heteroatoms. The molecule has 0 aliphatic rings. The third-order valence-electron chi connectivity index (χ3n) is 3.18. The van der Waals surface area contributed by atoms with E-state index in [4.69, 9.17) is 0 Å². The van der Waals surface area contributed by atoms with Gasteiger partial charge in [-0.15, -0.1) is 0 Å². The molecule has 2 N–H and O–H groups in total. The lowest BCUT2D eigenvalue weighted by Crippen LogP contribution is -2.27. The second-order valence-electron chi connectivity index (χ2n) is 4.73. The number of aryl methyl sites for hydroxylation is 1. The lowest BCUT2D eigenvalue weighted by molar-refractivity contribution is 0.0949. The maximum absolute atomic E-state index is 11.9. The number of hydrogen-bond donors (Lipinski definition) is 2. The summed E-state index contributed by atoms with van der Waals surface area (Å²) in [5.41, 5.74) is 1.42. The van der Waals surface area contributed by atoms with E-state index in [1.807, 2.05) is 6.07 Å². The highest BCUT2D eigenvalue weighted by Crippen LogP contribution is 2.06. The van der Waals surface area contributed by atoms with Crippen molar-refractivity contribution in [2.45, 2.75) is 13.3 Å². The van der Waals surface area contributed by atoms with Gasteiger partial charge in [0.05, 0.1) is 28.3 Å². The summed E-state index contributed by atoms with van der Waals surface area (Å²) in [5.74, 6) is 0.270. The number of aromatic nitrogens is 4. The maximum Gasteiger partial charge on any atom is 0.272 e. The molecule has 0 atom stereocenters. The van der Waals surface area contributed by atoms with E-state index in [0.29, 0.717) is 41.1 Å². The molecule has 0 spiro atoms. The molecule has 112 valence electrons. The molecule has 0 saturated heterocycles. The monoisotopic (exact) mass is 315 g/mol. The number of aromatic amines is 1. The van der Waals surface area contributed by atoms with Gasteiger partial charge in [0.25, 0.3) is 11.5 Å². The van der Waals surface area contributed by atoms with Crippen molar-refractivity contribution in [3.8, 4) is 0 Å². The van der Waals surface area contributed by atoms with Gasteiger partial charge in [0.1, 0.15) is 5.82 Å². The number of carbonyl (C=O) groups is 1. The quantitative estimate of drug-likeness (QED) is 0.749. The topological polar surface area (TPSA) is 101 Å². The number of amides is 1. The third-order valence-corrected chi connectivity index (χ3v) is 3.80. The minimum Gasteiger partial charge on any atom is -0.350 e. The van der Waals surface area contributed by atoms with Gasteiger partial charge >= 0.3 is 0 Å². The van der Waals surface area contributed by atoms with E-state index in [1.54, 1.807) is 25.1 Å². The smallest absolute Gasteiger partial charge is 0.272 e. The van der Waals surface area contributed by atoms with Gasteiger partial charge in [-0.1, -0.05) is 12.1 Å². The molecule has 2 heterocycles. The van der Waals surface area contributed by atoms with Gasteiger partial charge in [0, 0.05) is 13.0 Å². The number of H-pyrrole nitrogens is 1. The molecule has 0 fully saturated rings. The zero-order valence-corrected chi connectivity index (χ0v) is 12.6. The van der Waals surface area contributed by atoms with Crippen LogP contribution in [0.3, 0.4) is 0 Å². The first-order valence-electron chi connectivity index (χ1n) is 6.70. The Kier molecular flexibility index (Phi) is 3.92. The van der Waals surface area contributed by atoms with Gasteiger partial charge < -0.3 is 10.3 Å². The standard InChI is InChI=1S/C14H13N5O2S/c1-8-12(19-22-18-8)14(21)15-7-6-11-16-10-5-3-2-4-9(10)13(20)17-11/h2-5H,6-7H2,1H3,(H,15,21)(H,16,17,20). The summed E-state index contributed by atoms with van der Waals surface area (Å²) in [6.45, 7) is 2.10. The fourth-order valence-electron chi connectivity index (χ4n) is 2.07. The number of rotatable bonds is 4. The first-order valence-corrected chi connectivity index (χ1v) is 7.43. The highest BCUT2D eigenvalue weighted by molar-refractivity contribution is 6.99. The lowest BCUT2D eigenvalue weighted by Gasteiger charge is -2.04. The third kappa shape index (κ3) is 2.86. The second kappa shape index (κ2) is 6.02. The summed E-state index contributed by atoms with van der Waals surface area (Å²) < 4.78 is 7.90. The molecule has 3 aromatic rings. The van der Waals surface area contributed by atoms with Gasteiger partial charge in [-0.2, -0.15) is 8.75 Å². The van der Waals surface area contributed by atoms with Crippen molar-refractivity contribution in [1.82, 2.24) is 24.0 Å². The number of nitrogens with one attached hydrogen (secondary N) is 2. The van der Waals surface area contributed by atoms with Crippen molar-refractivity contribution >= 4 is 28.5 Å². The Morgan fingerprint density at radius 2 is 2.14 bits per heavy atom. The van der Waals surface area contributed by atoms with Crippen LogP contribution < -0.4 is 10.9 Å². The van der Waals surface area contributed by atoms with E-state index in [1.165, 1.54) is 0 Å². The molecule has 0 aliphatic heterocycles. The second-order valence-corrected chi connectivity index (χ2v) is 5.26. The Hall–Kier alpha value is -2.61. The Labute approximate surface area is 129 Å². The van der Waals surface area contributed by atoms with E-state index in [2.05, 4.69) is 24.0 Å². The first kappa shape index (κ1) is 14.3. The van der Waals surface area contributed by atoms with Crippen LogP contribution in [0.4, 0.5) is 0 Å². The Balaban J connectivity index is 1.68. The fourth-order valence-corrected chi connectivity index (χ4v) is 2.62. The highest BCUT2D eigenvalue weighted by atomic mass is 32.1. The highest BCUT2D eigenvalue weighted by Gasteiger charge is 2.12. The summed E-state index contributed by atoms with van der Waals surface area (Å²) in [6.07, 6.45) is 0.433. The number of para-hydroxylation sites is 1. The van der Waals surface area contributed by atoms with Crippen LogP contribution in [0.15, 0.2) is 29.1 Å². The van der Waals surface area contributed by atoms with E-state index >= 15 is 0 Å². The first-order chi connectivity index (χ1) is 10.6. The predicted molar refractivity (Wildman–Crippen MR) is 83.0 cm³/mol. The Morgan fingerprint density at radius 1 is 1.32 bits per heavy atom. The van der Waals surface area contributed by atoms with Gasteiger partial charge in [-0.05, 0) is 19.1 Å². The van der Waals surface area contributed by atoms with E-state index in [9.17, 15) is 9.59 Å². The average Bonchev–Trinajstić information content (AvgIpc) is 2.93. The van der Waals surface area contributed by atoms with Crippen molar-refractivity contribution in [3.05, 3.63) is 51.8 Å².